The van der Waals surface area contributed by atoms with Crippen molar-refractivity contribution >= 4 is 0 Å². The summed E-state index contributed by atoms with van der Waals surface area (Å²) in [6.45, 7) is 5.36. The van der Waals surface area contributed by atoms with Gasteiger partial charge in [0.2, 0.25) is 0 Å². The summed E-state index contributed by atoms with van der Waals surface area (Å²) in [7, 11) is 0. The number of benzene rings is 1. The molecule has 0 saturated carbocycles. The minimum Gasteiger partial charge on any atom is -0.381 e. The zero-order chi connectivity index (χ0) is 14.5. The summed E-state index contributed by atoms with van der Waals surface area (Å²) < 4.78 is 5.52. The quantitative estimate of drug-likeness (QED) is 0.863. The van der Waals surface area contributed by atoms with E-state index >= 15 is 0 Å². The highest BCUT2D eigenvalue weighted by molar-refractivity contribution is 5.32. The van der Waals surface area contributed by atoms with Gasteiger partial charge in [-0.05, 0) is 68.0 Å². The Morgan fingerprint density at radius 1 is 1.14 bits per heavy atom. The molecule has 0 radical (unpaired) electrons. The average Bonchev–Trinajstić information content (AvgIpc) is 2.96. The standard InChI is InChI=1S/C19H29NO/c1-2-9-20-19(12-15-7-10-21-11-8-15)18-13-16-5-3-4-6-17(16)14-18/h3-6,15,18-20H,2,7-14H2,1H3. The van der Waals surface area contributed by atoms with E-state index in [1.807, 2.05) is 0 Å². The summed E-state index contributed by atoms with van der Waals surface area (Å²) in [6.07, 6.45) is 7.60. The predicted molar refractivity (Wildman–Crippen MR) is 87.6 cm³/mol. The van der Waals surface area contributed by atoms with Crippen LogP contribution >= 0.6 is 0 Å². The minimum absolute atomic E-state index is 0.681. The SMILES string of the molecule is CCCNC(CC1CCOCC1)C1Cc2ccccc2C1. The molecule has 0 amide bonds. The van der Waals surface area contributed by atoms with Gasteiger partial charge in [0.15, 0.2) is 0 Å². The lowest BCUT2D eigenvalue weighted by Crippen LogP contribution is -2.39. The lowest BCUT2D eigenvalue weighted by Gasteiger charge is -2.31. The van der Waals surface area contributed by atoms with E-state index in [2.05, 4.69) is 36.5 Å². The maximum Gasteiger partial charge on any atom is 0.0468 e. The Balaban J connectivity index is 1.62. The van der Waals surface area contributed by atoms with Crippen molar-refractivity contribution in [3.63, 3.8) is 0 Å². The second-order valence-corrected chi connectivity index (χ2v) is 6.79. The Labute approximate surface area is 129 Å². The minimum atomic E-state index is 0.681. The first kappa shape index (κ1) is 15.1. The molecule has 1 aromatic carbocycles. The van der Waals surface area contributed by atoms with Crippen LogP contribution in [0.5, 0.6) is 0 Å². The smallest absolute Gasteiger partial charge is 0.0468 e. The topological polar surface area (TPSA) is 21.3 Å². The van der Waals surface area contributed by atoms with E-state index in [-0.39, 0.29) is 0 Å². The number of hydrogen-bond acceptors (Lipinski definition) is 2. The summed E-state index contributed by atoms with van der Waals surface area (Å²) in [6, 6.07) is 9.70. The van der Waals surface area contributed by atoms with Crippen LogP contribution < -0.4 is 5.32 Å². The van der Waals surface area contributed by atoms with Crippen LogP contribution in [0.15, 0.2) is 24.3 Å². The molecule has 1 unspecified atom stereocenters. The fourth-order valence-corrected chi connectivity index (χ4v) is 3.99. The number of hydrogen-bond donors (Lipinski definition) is 1. The molecular formula is C19H29NO. The van der Waals surface area contributed by atoms with Crippen LogP contribution in [-0.2, 0) is 17.6 Å². The van der Waals surface area contributed by atoms with Gasteiger partial charge in [-0.3, -0.25) is 0 Å². The number of fused-ring (bicyclic) bond motifs is 1. The molecule has 1 fully saturated rings. The summed E-state index contributed by atoms with van der Waals surface area (Å²) >= 11 is 0. The van der Waals surface area contributed by atoms with Crippen LogP contribution in [0.1, 0.15) is 43.7 Å². The molecule has 1 saturated heterocycles. The van der Waals surface area contributed by atoms with Crippen LogP contribution in [-0.4, -0.2) is 25.8 Å². The van der Waals surface area contributed by atoms with Crippen LogP contribution in [0, 0.1) is 11.8 Å². The maximum absolute atomic E-state index is 5.52. The highest BCUT2D eigenvalue weighted by Gasteiger charge is 2.30. The summed E-state index contributed by atoms with van der Waals surface area (Å²) in [4.78, 5) is 0. The van der Waals surface area contributed by atoms with Gasteiger partial charge in [-0.1, -0.05) is 31.2 Å². The van der Waals surface area contributed by atoms with E-state index in [1.165, 1.54) is 38.5 Å². The molecule has 1 aliphatic heterocycles. The van der Waals surface area contributed by atoms with Gasteiger partial charge in [0, 0.05) is 19.3 Å². The fourth-order valence-electron chi connectivity index (χ4n) is 3.99. The molecule has 2 aliphatic rings. The molecule has 1 atom stereocenters. The van der Waals surface area contributed by atoms with Crippen molar-refractivity contribution in [2.24, 2.45) is 11.8 Å². The van der Waals surface area contributed by atoms with Crippen molar-refractivity contribution in [1.29, 1.82) is 0 Å². The molecule has 1 aliphatic carbocycles. The van der Waals surface area contributed by atoms with Gasteiger partial charge in [-0.2, -0.15) is 0 Å². The van der Waals surface area contributed by atoms with Crippen molar-refractivity contribution in [3.8, 4) is 0 Å². The Kier molecular flexibility index (Phi) is 5.32. The third-order valence-corrected chi connectivity index (χ3v) is 5.24. The first-order chi connectivity index (χ1) is 10.4. The van der Waals surface area contributed by atoms with Gasteiger partial charge >= 0.3 is 0 Å². The monoisotopic (exact) mass is 287 g/mol. The van der Waals surface area contributed by atoms with Gasteiger partial charge in [0.25, 0.3) is 0 Å². The Hall–Kier alpha value is -0.860. The molecular weight excluding hydrogens is 258 g/mol. The van der Waals surface area contributed by atoms with Crippen molar-refractivity contribution in [2.45, 2.75) is 51.5 Å². The van der Waals surface area contributed by atoms with E-state index in [0.717, 1.165) is 31.6 Å². The van der Waals surface area contributed by atoms with Gasteiger partial charge < -0.3 is 10.1 Å². The molecule has 1 N–H and O–H groups in total. The molecule has 116 valence electrons. The summed E-state index contributed by atoms with van der Waals surface area (Å²) in [5.41, 5.74) is 3.16. The summed E-state index contributed by atoms with van der Waals surface area (Å²) in [5, 5.41) is 3.85. The average molecular weight is 287 g/mol. The molecule has 0 bridgehead atoms. The molecule has 2 nitrogen and oxygen atoms in total. The third kappa shape index (κ3) is 3.87. The molecule has 3 rings (SSSR count). The predicted octanol–water partition coefficient (Wildman–Crippen LogP) is 3.59. The van der Waals surface area contributed by atoms with Crippen molar-refractivity contribution in [1.82, 2.24) is 5.32 Å². The lowest BCUT2D eigenvalue weighted by molar-refractivity contribution is 0.0580. The van der Waals surface area contributed by atoms with Crippen LogP contribution in [0.3, 0.4) is 0 Å². The van der Waals surface area contributed by atoms with Gasteiger partial charge in [-0.25, -0.2) is 0 Å². The molecule has 1 aromatic rings. The third-order valence-electron chi connectivity index (χ3n) is 5.24. The molecule has 0 spiro atoms. The van der Waals surface area contributed by atoms with E-state index in [9.17, 15) is 0 Å². The fraction of sp³-hybridized carbons (Fsp3) is 0.684. The Morgan fingerprint density at radius 2 is 1.81 bits per heavy atom. The van der Waals surface area contributed by atoms with Gasteiger partial charge in [0.05, 0.1) is 0 Å². The van der Waals surface area contributed by atoms with Crippen molar-refractivity contribution in [2.75, 3.05) is 19.8 Å². The van der Waals surface area contributed by atoms with Crippen molar-refractivity contribution in [3.05, 3.63) is 35.4 Å². The van der Waals surface area contributed by atoms with E-state index in [4.69, 9.17) is 4.74 Å². The molecule has 21 heavy (non-hydrogen) atoms. The number of rotatable bonds is 6. The zero-order valence-electron chi connectivity index (χ0n) is 13.3. The molecule has 2 heteroatoms. The first-order valence-electron chi connectivity index (χ1n) is 8.74. The normalized spacial score (nSPS) is 21.4. The zero-order valence-corrected chi connectivity index (χ0v) is 13.3. The van der Waals surface area contributed by atoms with Crippen LogP contribution in [0.25, 0.3) is 0 Å². The van der Waals surface area contributed by atoms with E-state index < -0.39 is 0 Å². The number of ether oxygens (including phenoxy) is 1. The Bertz CT molecular complexity index is 414. The highest BCUT2D eigenvalue weighted by atomic mass is 16.5. The number of nitrogens with one attached hydrogen (secondary N) is 1. The summed E-state index contributed by atoms with van der Waals surface area (Å²) in [5.74, 6) is 1.65. The van der Waals surface area contributed by atoms with E-state index in [0.29, 0.717) is 6.04 Å². The van der Waals surface area contributed by atoms with Crippen LogP contribution in [0.2, 0.25) is 0 Å². The Morgan fingerprint density at radius 3 is 2.43 bits per heavy atom. The van der Waals surface area contributed by atoms with Crippen molar-refractivity contribution < 1.29 is 4.74 Å². The first-order valence-corrected chi connectivity index (χ1v) is 8.74. The second-order valence-electron chi connectivity index (χ2n) is 6.79. The highest BCUT2D eigenvalue weighted by Crippen LogP contribution is 2.32. The molecule has 0 aromatic heterocycles. The molecule has 1 heterocycles. The maximum atomic E-state index is 5.52. The van der Waals surface area contributed by atoms with Crippen LogP contribution in [0.4, 0.5) is 0 Å². The largest absolute Gasteiger partial charge is 0.381 e. The van der Waals surface area contributed by atoms with Gasteiger partial charge in [0.1, 0.15) is 0 Å². The van der Waals surface area contributed by atoms with Gasteiger partial charge in [-0.15, -0.1) is 0 Å². The van der Waals surface area contributed by atoms with E-state index in [1.54, 1.807) is 11.1 Å². The lowest BCUT2D eigenvalue weighted by atomic mass is 9.85. The second kappa shape index (κ2) is 7.42.